The molecule has 1 N–H and O–H groups in total. The Hall–Kier alpha value is -0.560. The molecule has 118 valence electrons. The van der Waals surface area contributed by atoms with Gasteiger partial charge in [0.05, 0.1) is 4.90 Å². The van der Waals surface area contributed by atoms with Gasteiger partial charge in [-0.15, -0.1) is 0 Å². The van der Waals surface area contributed by atoms with Crippen molar-refractivity contribution in [2.45, 2.75) is 43.5 Å². The highest BCUT2D eigenvalue weighted by atomic mass is 32.2. The maximum atomic E-state index is 13.0. The predicted octanol–water partition coefficient (Wildman–Crippen LogP) is 2.23. The molecule has 1 aromatic carbocycles. The van der Waals surface area contributed by atoms with Gasteiger partial charge in [0, 0.05) is 30.1 Å². The van der Waals surface area contributed by atoms with Crippen LogP contribution in [0.4, 0.5) is 0 Å². The van der Waals surface area contributed by atoms with E-state index >= 15 is 0 Å². The van der Waals surface area contributed by atoms with E-state index in [2.05, 4.69) is 12.2 Å². The molecule has 1 aliphatic rings. The van der Waals surface area contributed by atoms with Gasteiger partial charge < -0.3 is 5.32 Å². The van der Waals surface area contributed by atoms with Gasteiger partial charge >= 0.3 is 0 Å². The Kier molecular flexibility index (Phi) is 5.35. The summed E-state index contributed by atoms with van der Waals surface area (Å²) in [6.07, 6.45) is 0. The lowest BCUT2D eigenvalue weighted by molar-refractivity contribution is 0.340. The molecule has 0 amide bonds. The molecule has 1 aromatic rings. The van der Waals surface area contributed by atoms with Crippen molar-refractivity contribution >= 4 is 21.8 Å². The van der Waals surface area contributed by atoms with Crippen LogP contribution in [0.5, 0.6) is 0 Å². The second-order valence-electron chi connectivity index (χ2n) is 5.50. The van der Waals surface area contributed by atoms with Crippen LogP contribution in [0, 0.1) is 6.92 Å². The molecule has 1 fully saturated rings. The molecule has 0 radical (unpaired) electrons. The number of nitrogens with one attached hydrogen (secondary N) is 1. The highest BCUT2D eigenvalue weighted by Gasteiger charge is 2.35. The molecule has 1 heterocycles. The van der Waals surface area contributed by atoms with E-state index in [1.807, 2.05) is 44.8 Å². The van der Waals surface area contributed by atoms with Crippen molar-refractivity contribution < 1.29 is 8.42 Å². The molecule has 0 saturated carbocycles. The lowest BCUT2D eigenvalue weighted by atomic mass is 10.1. The monoisotopic (exact) mass is 328 g/mol. The first-order valence-corrected chi connectivity index (χ1v) is 9.75. The van der Waals surface area contributed by atoms with Gasteiger partial charge in [-0.05, 0) is 38.1 Å². The number of thioether (sulfide) groups is 1. The maximum Gasteiger partial charge on any atom is 0.243 e. The molecule has 1 aliphatic heterocycles. The van der Waals surface area contributed by atoms with Crippen LogP contribution in [0.25, 0.3) is 0 Å². The maximum absolute atomic E-state index is 13.0. The Morgan fingerprint density at radius 3 is 2.76 bits per heavy atom. The van der Waals surface area contributed by atoms with E-state index in [1.165, 1.54) is 0 Å². The Morgan fingerprint density at radius 2 is 2.10 bits per heavy atom. The Labute approximate surface area is 132 Å². The Balaban J connectivity index is 2.42. The number of benzene rings is 1. The quantitative estimate of drug-likeness (QED) is 0.921. The van der Waals surface area contributed by atoms with Crippen molar-refractivity contribution in [3.8, 4) is 0 Å². The summed E-state index contributed by atoms with van der Waals surface area (Å²) >= 11 is 1.84. The molecular formula is C15H24N2O2S2. The van der Waals surface area contributed by atoms with Gasteiger partial charge in [0.1, 0.15) is 0 Å². The third-order valence-electron chi connectivity index (χ3n) is 4.18. The zero-order valence-corrected chi connectivity index (χ0v) is 14.7. The second-order valence-corrected chi connectivity index (χ2v) is 8.85. The van der Waals surface area contributed by atoms with E-state index in [4.69, 9.17) is 0 Å². The van der Waals surface area contributed by atoms with E-state index in [0.29, 0.717) is 23.2 Å². The first-order valence-electron chi connectivity index (χ1n) is 7.26. The van der Waals surface area contributed by atoms with Crippen LogP contribution in [-0.2, 0) is 16.6 Å². The average molecular weight is 329 g/mol. The predicted molar refractivity (Wildman–Crippen MR) is 89.2 cm³/mol. The third-order valence-corrected chi connectivity index (χ3v) is 7.64. The average Bonchev–Trinajstić information content (AvgIpc) is 2.44. The molecule has 2 atom stereocenters. The first kappa shape index (κ1) is 16.8. The van der Waals surface area contributed by atoms with E-state index in [9.17, 15) is 8.42 Å². The molecule has 21 heavy (non-hydrogen) atoms. The summed E-state index contributed by atoms with van der Waals surface area (Å²) in [6.45, 7) is 7.26. The number of nitrogens with zero attached hydrogens (tertiary/aromatic N) is 1. The van der Waals surface area contributed by atoms with Crippen molar-refractivity contribution in [2.75, 3.05) is 19.3 Å². The molecule has 6 heteroatoms. The third kappa shape index (κ3) is 3.28. The van der Waals surface area contributed by atoms with E-state index in [1.54, 1.807) is 10.4 Å². The van der Waals surface area contributed by atoms with Crippen molar-refractivity contribution in [3.63, 3.8) is 0 Å². The summed E-state index contributed by atoms with van der Waals surface area (Å²) in [5, 5.41) is 3.42. The SMILES string of the molecule is CNCc1cccc(S(=O)(=O)N2CCSC(C)C2C)c1C. The number of rotatable bonds is 4. The minimum atomic E-state index is -3.42. The molecule has 2 rings (SSSR count). The number of sulfonamides is 1. The fourth-order valence-electron chi connectivity index (χ4n) is 2.69. The molecule has 1 saturated heterocycles. The summed E-state index contributed by atoms with van der Waals surface area (Å²) < 4.78 is 27.7. The van der Waals surface area contributed by atoms with Crippen LogP contribution in [-0.4, -0.2) is 43.4 Å². The summed E-state index contributed by atoms with van der Waals surface area (Å²) in [6, 6.07) is 5.56. The summed E-state index contributed by atoms with van der Waals surface area (Å²) in [7, 11) is -1.56. The topological polar surface area (TPSA) is 49.4 Å². The van der Waals surface area contributed by atoms with Crippen LogP contribution in [0.1, 0.15) is 25.0 Å². The highest BCUT2D eigenvalue weighted by molar-refractivity contribution is 8.00. The Morgan fingerprint density at radius 1 is 1.38 bits per heavy atom. The standard InChI is InChI=1S/C15H24N2O2S2/c1-11-14(10-16-4)6-5-7-15(11)21(18,19)17-8-9-20-13(3)12(17)2/h5-7,12-13,16H,8-10H2,1-4H3. The van der Waals surface area contributed by atoms with Crippen molar-refractivity contribution in [1.82, 2.24) is 9.62 Å². The van der Waals surface area contributed by atoms with Crippen LogP contribution in [0.15, 0.2) is 23.1 Å². The molecule has 0 aromatic heterocycles. The van der Waals surface area contributed by atoms with Crippen LogP contribution in [0.2, 0.25) is 0 Å². The minimum Gasteiger partial charge on any atom is -0.316 e. The van der Waals surface area contributed by atoms with Crippen molar-refractivity contribution in [2.24, 2.45) is 0 Å². The van der Waals surface area contributed by atoms with Crippen molar-refractivity contribution in [1.29, 1.82) is 0 Å². The fourth-order valence-corrected chi connectivity index (χ4v) is 5.96. The van der Waals surface area contributed by atoms with Gasteiger partial charge in [0.15, 0.2) is 0 Å². The van der Waals surface area contributed by atoms with Gasteiger partial charge in [0.25, 0.3) is 0 Å². The molecule has 0 spiro atoms. The number of hydrogen-bond donors (Lipinski definition) is 1. The van der Waals surface area contributed by atoms with Gasteiger partial charge in [-0.25, -0.2) is 8.42 Å². The van der Waals surface area contributed by atoms with E-state index in [0.717, 1.165) is 16.9 Å². The largest absolute Gasteiger partial charge is 0.316 e. The highest BCUT2D eigenvalue weighted by Crippen LogP contribution is 2.31. The Bertz CT molecular complexity index is 602. The lowest BCUT2D eigenvalue weighted by Gasteiger charge is -2.36. The smallest absolute Gasteiger partial charge is 0.243 e. The van der Waals surface area contributed by atoms with Gasteiger partial charge in [-0.1, -0.05) is 19.1 Å². The van der Waals surface area contributed by atoms with Gasteiger partial charge in [-0.3, -0.25) is 0 Å². The molecule has 4 nitrogen and oxygen atoms in total. The second kappa shape index (κ2) is 6.69. The zero-order valence-electron chi connectivity index (χ0n) is 13.1. The molecule has 0 aliphatic carbocycles. The zero-order chi connectivity index (χ0) is 15.6. The first-order chi connectivity index (χ1) is 9.89. The van der Waals surface area contributed by atoms with Crippen LogP contribution in [0.3, 0.4) is 0 Å². The molecular weight excluding hydrogens is 304 g/mol. The molecule has 0 bridgehead atoms. The van der Waals surface area contributed by atoms with E-state index in [-0.39, 0.29) is 6.04 Å². The summed E-state index contributed by atoms with van der Waals surface area (Å²) in [5.41, 5.74) is 1.88. The van der Waals surface area contributed by atoms with Crippen LogP contribution >= 0.6 is 11.8 Å². The summed E-state index contributed by atoms with van der Waals surface area (Å²) in [4.78, 5) is 0.446. The van der Waals surface area contributed by atoms with Gasteiger partial charge in [-0.2, -0.15) is 16.1 Å². The van der Waals surface area contributed by atoms with E-state index < -0.39 is 10.0 Å². The minimum absolute atomic E-state index is 0.0288. The fraction of sp³-hybridized carbons (Fsp3) is 0.600. The van der Waals surface area contributed by atoms with Crippen LogP contribution < -0.4 is 5.32 Å². The molecule has 2 unspecified atom stereocenters. The summed E-state index contributed by atoms with van der Waals surface area (Å²) in [5.74, 6) is 0.861. The lowest BCUT2D eigenvalue weighted by Crippen LogP contribution is -2.48. The van der Waals surface area contributed by atoms with Crippen molar-refractivity contribution in [3.05, 3.63) is 29.3 Å². The van der Waals surface area contributed by atoms with Gasteiger partial charge in [0.2, 0.25) is 10.0 Å². The number of hydrogen-bond acceptors (Lipinski definition) is 4. The normalized spacial score (nSPS) is 24.2.